The Hall–Kier alpha value is -2.07. The van der Waals surface area contributed by atoms with Gasteiger partial charge in [0.1, 0.15) is 5.75 Å². The summed E-state index contributed by atoms with van der Waals surface area (Å²) in [6.45, 7) is 1.72. The monoisotopic (exact) mass is 376 g/mol. The topological polar surface area (TPSA) is 87.5 Å². The van der Waals surface area contributed by atoms with E-state index in [0.717, 1.165) is 31.2 Å². The summed E-state index contributed by atoms with van der Waals surface area (Å²) in [6, 6.07) is 7.03. The van der Waals surface area contributed by atoms with Gasteiger partial charge in [-0.05, 0) is 49.9 Å². The average Bonchev–Trinajstić information content (AvgIpc) is 3.24. The van der Waals surface area contributed by atoms with Crippen LogP contribution in [0.2, 0.25) is 0 Å². The number of amides is 1. The first-order valence-electron chi connectivity index (χ1n) is 9.05. The third kappa shape index (κ3) is 4.18. The normalized spacial score (nSPS) is 22.1. The Labute approximate surface area is 154 Å². The number of aryl methyl sites for hydroxylation is 1. The van der Waals surface area contributed by atoms with Crippen molar-refractivity contribution in [2.45, 2.75) is 51.1 Å². The van der Waals surface area contributed by atoms with Gasteiger partial charge in [-0.1, -0.05) is 12.8 Å². The van der Waals surface area contributed by atoms with Gasteiger partial charge in [0.2, 0.25) is 0 Å². The van der Waals surface area contributed by atoms with E-state index in [1.165, 1.54) is 0 Å². The van der Waals surface area contributed by atoms with Crippen LogP contribution in [0.3, 0.4) is 0 Å². The number of hydrogen-bond acceptors (Lipinski definition) is 5. The zero-order valence-electron chi connectivity index (χ0n) is 15.0. The first-order valence-corrected chi connectivity index (χ1v) is 10.9. The zero-order valence-corrected chi connectivity index (χ0v) is 15.8. The molecular formula is C19H24N2O4S. The van der Waals surface area contributed by atoms with Crippen LogP contribution in [0.25, 0.3) is 0 Å². The van der Waals surface area contributed by atoms with E-state index in [2.05, 4.69) is 6.07 Å². The molecule has 0 spiro atoms. The Morgan fingerprint density at radius 3 is 2.58 bits per heavy atom. The highest BCUT2D eigenvalue weighted by atomic mass is 32.2. The molecule has 1 saturated heterocycles. The van der Waals surface area contributed by atoms with Gasteiger partial charge in [0.05, 0.1) is 23.1 Å². The summed E-state index contributed by atoms with van der Waals surface area (Å²) in [5, 5.41) is 8.93. The fourth-order valence-electron chi connectivity index (χ4n) is 3.98. The van der Waals surface area contributed by atoms with Gasteiger partial charge in [-0.25, -0.2) is 8.42 Å². The predicted molar refractivity (Wildman–Crippen MR) is 97.5 cm³/mol. The fourth-order valence-corrected chi connectivity index (χ4v) is 5.69. The zero-order chi connectivity index (χ0) is 18.7. The molecule has 1 heterocycles. The van der Waals surface area contributed by atoms with Crippen molar-refractivity contribution in [1.82, 2.24) is 4.90 Å². The number of carbonyl (C=O) groups is 1. The minimum Gasteiger partial charge on any atom is -0.483 e. The second-order valence-corrected chi connectivity index (χ2v) is 9.41. The summed E-state index contributed by atoms with van der Waals surface area (Å²) in [6.07, 6.45) is 4.52. The van der Waals surface area contributed by atoms with Crippen LogP contribution in [0.1, 0.15) is 43.2 Å². The van der Waals surface area contributed by atoms with Crippen LogP contribution >= 0.6 is 0 Å². The van der Waals surface area contributed by atoms with Gasteiger partial charge in [-0.2, -0.15) is 5.26 Å². The molecule has 7 heteroatoms. The van der Waals surface area contributed by atoms with Crippen molar-refractivity contribution in [2.24, 2.45) is 0 Å². The first kappa shape index (κ1) is 18.7. The molecule has 1 aliphatic heterocycles. The van der Waals surface area contributed by atoms with E-state index < -0.39 is 9.84 Å². The van der Waals surface area contributed by atoms with Crippen molar-refractivity contribution in [3.63, 3.8) is 0 Å². The van der Waals surface area contributed by atoms with Gasteiger partial charge in [-0.15, -0.1) is 0 Å². The Balaban J connectivity index is 1.70. The van der Waals surface area contributed by atoms with Crippen molar-refractivity contribution in [3.8, 4) is 11.8 Å². The van der Waals surface area contributed by atoms with Crippen molar-refractivity contribution in [2.75, 3.05) is 18.1 Å². The molecule has 1 aromatic carbocycles. The molecule has 6 nitrogen and oxygen atoms in total. The number of rotatable bonds is 5. The third-order valence-electron chi connectivity index (χ3n) is 5.26. The lowest BCUT2D eigenvalue weighted by atomic mass is 10.1. The van der Waals surface area contributed by atoms with E-state index in [1.807, 2.05) is 6.92 Å². The number of carbonyl (C=O) groups excluding carboxylic acids is 1. The number of hydrogen-bond donors (Lipinski definition) is 0. The summed E-state index contributed by atoms with van der Waals surface area (Å²) in [5.41, 5.74) is 1.35. The van der Waals surface area contributed by atoms with Gasteiger partial charge in [0.15, 0.2) is 16.4 Å². The molecule has 2 fully saturated rings. The molecule has 1 aliphatic carbocycles. The van der Waals surface area contributed by atoms with Crippen LogP contribution in [0.4, 0.5) is 0 Å². The van der Waals surface area contributed by atoms with Gasteiger partial charge >= 0.3 is 0 Å². The second-order valence-electron chi connectivity index (χ2n) is 7.18. The molecule has 3 rings (SSSR count). The average molecular weight is 376 g/mol. The molecule has 26 heavy (non-hydrogen) atoms. The van der Waals surface area contributed by atoms with E-state index in [9.17, 15) is 13.2 Å². The number of benzene rings is 1. The summed E-state index contributed by atoms with van der Waals surface area (Å²) < 4.78 is 29.4. The lowest BCUT2D eigenvalue weighted by Crippen LogP contribution is -2.48. The molecule has 0 radical (unpaired) electrons. The van der Waals surface area contributed by atoms with Crippen LogP contribution in [0.15, 0.2) is 18.2 Å². The molecule has 1 saturated carbocycles. The van der Waals surface area contributed by atoms with E-state index in [4.69, 9.17) is 10.00 Å². The maximum absolute atomic E-state index is 12.9. The number of sulfone groups is 1. The smallest absolute Gasteiger partial charge is 0.261 e. The Bertz CT molecular complexity index is 822. The standard InChI is InChI=1S/C19H24N2O4S/c1-14-10-15(11-20)6-7-18(14)25-12-19(22)21(16-4-2-3-5-16)17-8-9-26(23,24)13-17/h6-7,10,16-17H,2-5,8-9,12-13H2,1H3. The fraction of sp³-hybridized carbons (Fsp3) is 0.579. The molecule has 1 amide bonds. The molecule has 2 aliphatic rings. The molecule has 0 N–H and O–H groups in total. The molecule has 0 aromatic heterocycles. The summed E-state index contributed by atoms with van der Waals surface area (Å²) >= 11 is 0. The van der Waals surface area contributed by atoms with Crippen LogP contribution in [-0.2, 0) is 14.6 Å². The van der Waals surface area contributed by atoms with Gasteiger partial charge in [0, 0.05) is 12.1 Å². The quantitative estimate of drug-likeness (QED) is 0.786. The molecule has 1 unspecified atom stereocenters. The van der Waals surface area contributed by atoms with Crippen molar-refractivity contribution >= 4 is 15.7 Å². The maximum atomic E-state index is 12.9. The van der Waals surface area contributed by atoms with Crippen LogP contribution < -0.4 is 4.74 Å². The Morgan fingerprint density at radius 1 is 1.27 bits per heavy atom. The summed E-state index contributed by atoms with van der Waals surface area (Å²) in [7, 11) is -3.05. The number of ether oxygens (including phenoxy) is 1. The highest BCUT2D eigenvalue weighted by Gasteiger charge is 2.39. The minimum absolute atomic E-state index is 0.0606. The van der Waals surface area contributed by atoms with E-state index in [0.29, 0.717) is 17.7 Å². The summed E-state index contributed by atoms with van der Waals surface area (Å²) in [4.78, 5) is 14.7. The third-order valence-corrected chi connectivity index (χ3v) is 7.01. The lowest BCUT2D eigenvalue weighted by Gasteiger charge is -2.34. The number of nitriles is 1. The Kier molecular flexibility index (Phi) is 5.52. The first-order chi connectivity index (χ1) is 12.4. The van der Waals surface area contributed by atoms with Crippen LogP contribution in [-0.4, -0.2) is 49.4 Å². The highest BCUT2D eigenvalue weighted by molar-refractivity contribution is 7.91. The SMILES string of the molecule is Cc1cc(C#N)ccc1OCC(=O)N(C1CCCC1)C1CCS(=O)(=O)C1. The second kappa shape index (κ2) is 7.67. The van der Waals surface area contributed by atoms with E-state index in [1.54, 1.807) is 23.1 Å². The molecule has 1 aromatic rings. The predicted octanol–water partition coefficient (Wildman–Crippen LogP) is 2.20. The van der Waals surface area contributed by atoms with Crippen molar-refractivity contribution in [3.05, 3.63) is 29.3 Å². The molecule has 140 valence electrons. The van der Waals surface area contributed by atoms with E-state index in [-0.39, 0.29) is 36.1 Å². The summed E-state index contributed by atoms with van der Waals surface area (Å²) in [5.74, 6) is 0.639. The lowest BCUT2D eigenvalue weighted by molar-refractivity contribution is -0.137. The molecule has 1 atom stereocenters. The minimum atomic E-state index is -3.05. The van der Waals surface area contributed by atoms with Crippen LogP contribution in [0.5, 0.6) is 5.75 Å². The maximum Gasteiger partial charge on any atom is 0.261 e. The number of nitrogens with zero attached hydrogens (tertiary/aromatic N) is 2. The van der Waals surface area contributed by atoms with Gasteiger partial charge in [0.25, 0.3) is 5.91 Å². The largest absolute Gasteiger partial charge is 0.483 e. The Morgan fingerprint density at radius 2 is 2.00 bits per heavy atom. The van der Waals surface area contributed by atoms with E-state index >= 15 is 0 Å². The van der Waals surface area contributed by atoms with Crippen LogP contribution in [0, 0.1) is 18.3 Å². The molecular weight excluding hydrogens is 352 g/mol. The molecule has 0 bridgehead atoms. The highest BCUT2D eigenvalue weighted by Crippen LogP contribution is 2.29. The van der Waals surface area contributed by atoms with Crippen molar-refractivity contribution in [1.29, 1.82) is 5.26 Å². The van der Waals surface area contributed by atoms with Gasteiger partial charge < -0.3 is 9.64 Å². The van der Waals surface area contributed by atoms with Crippen molar-refractivity contribution < 1.29 is 17.9 Å². The van der Waals surface area contributed by atoms with Gasteiger partial charge in [-0.3, -0.25) is 4.79 Å².